The molecule has 0 saturated heterocycles. The average Bonchev–Trinajstić information content (AvgIpc) is 2.49. The van der Waals surface area contributed by atoms with Gasteiger partial charge in [0.2, 0.25) is 5.91 Å². The van der Waals surface area contributed by atoms with Gasteiger partial charge in [0.1, 0.15) is 5.75 Å². The van der Waals surface area contributed by atoms with Crippen LogP contribution in [-0.2, 0) is 11.2 Å². The van der Waals surface area contributed by atoms with Crippen molar-refractivity contribution in [2.45, 2.75) is 20.3 Å². The SMILES string of the molecule is CCOc1ccc(-c2ccc(CCNC(C)=O)cc2)cc1. The zero-order valence-corrected chi connectivity index (χ0v) is 12.6. The van der Waals surface area contributed by atoms with Crippen LogP contribution in [0.1, 0.15) is 19.4 Å². The molecule has 0 aliphatic heterocycles. The number of carbonyl (C=O) groups excluding carboxylic acids is 1. The maximum atomic E-state index is 10.8. The van der Waals surface area contributed by atoms with Gasteiger partial charge < -0.3 is 10.1 Å². The fraction of sp³-hybridized carbons (Fsp3) is 0.278. The molecule has 0 heterocycles. The van der Waals surface area contributed by atoms with Crippen molar-refractivity contribution >= 4 is 5.91 Å². The number of hydrogen-bond donors (Lipinski definition) is 1. The molecule has 0 fully saturated rings. The quantitative estimate of drug-likeness (QED) is 0.882. The standard InChI is InChI=1S/C18H21NO2/c1-3-21-18-10-8-17(9-11-18)16-6-4-15(5-7-16)12-13-19-14(2)20/h4-11H,3,12-13H2,1-2H3,(H,19,20). The molecule has 110 valence electrons. The molecule has 0 radical (unpaired) electrons. The predicted octanol–water partition coefficient (Wildman–Crippen LogP) is 3.43. The first-order valence-corrected chi connectivity index (χ1v) is 7.25. The lowest BCUT2D eigenvalue weighted by atomic mass is 10.0. The van der Waals surface area contributed by atoms with Crippen LogP contribution in [0, 0.1) is 0 Å². The summed E-state index contributed by atoms with van der Waals surface area (Å²) in [5.74, 6) is 0.911. The predicted molar refractivity (Wildman–Crippen MR) is 85.4 cm³/mol. The fourth-order valence-electron chi connectivity index (χ4n) is 2.16. The van der Waals surface area contributed by atoms with Crippen LogP contribution in [0.25, 0.3) is 11.1 Å². The van der Waals surface area contributed by atoms with E-state index in [9.17, 15) is 4.79 Å². The van der Waals surface area contributed by atoms with Crippen molar-refractivity contribution in [1.29, 1.82) is 0 Å². The molecule has 21 heavy (non-hydrogen) atoms. The van der Waals surface area contributed by atoms with E-state index in [0.29, 0.717) is 13.2 Å². The molecular weight excluding hydrogens is 262 g/mol. The van der Waals surface area contributed by atoms with E-state index in [1.54, 1.807) is 0 Å². The van der Waals surface area contributed by atoms with E-state index in [4.69, 9.17) is 4.74 Å². The van der Waals surface area contributed by atoms with Crippen LogP contribution in [0.2, 0.25) is 0 Å². The zero-order chi connectivity index (χ0) is 15.1. The lowest BCUT2D eigenvalue weighted by Gasteiger charge is -2.07. The number of ether oxygens (including phenoxy) is 1. The number of benzene rings is 2. The van der Waals surface area contributed by atoms with Gasteiger partial charge in [0.05, 0.1) is 6.61 Å². The van der Waals surface area contributed by atoms with E-state index >= 15 is 0 Å². The van der Waals surface area contributed by atoms with Crippen molar-refractivity contribution in [2.24, 2.45) is 0 Å². The van der Waals surface area contributed by atoms with Gasteiger partial charge in [-0.2, -0.15) is 0 Å². The lowest BCUT2D eigenvalue weighted by Crippen LogP contribution is -2.22. The Labute approximate surface area is 126 Å². The Morgan fingerprint density at radius 2 is 1.57 bits per heavy atom. The van der Waals surface area contributed by atoms with Crippen LogP contribution in [0.3, 0.4) is 0 Å². The third kappa shape index (κ3) is 4.63. The van der Waals surface area contributed by atoms with Gasteiger partial charge in [0.15, 0.2) is 0 Å². The summed E-state index contributed by atoms with van der Waals surface area (Å²) in [6.07, 6.45) is 0.850. The summed E-state index contributed by atoms with van der Waals surface area (Å²) in [6.45, 7) is 4.88. The van der Waals surface area contributed by atoms with Crippen molar-refractivity contribution in [3.05, 3.63) is 54.1 Å². The second kappa shape index (κ2) is 7.48. The highest BCUT2D eigenvalue weighted by atomic mass is 16.5. The monoisotopic (exact) mass is 283 g/mol. The third-order valence-electron chi connectivity index (χ3n) is 3.24. The van der Waals surface area contributed by atoms with Gasteiger partial charge >= 0.3 is 0 Å². The molecule has 0 bridgehead atoms. The first-order chi connectivity index (χ1) is 10.2. The minimum absolute atomic E-state index is 0.0148. The van der Waals surface area contributed by atoms with E-state index in [0.717, 1.165) is 12.2 Å². The Hall–Kier alpha value is -2.29. The van der Waals surface area contributed by atoms with Gasteiger partial charge in [-0.3, -0.25) is 4.79 Å². The smallest absolute Gasteiger partial charge is 0.216 e. The summed E-state index contributed by atoms with van der Waals surface area (Å²) in [7, 11) is 0. The molecule has 2 aromatic rings. The van der Waals surface area contributed by atoms with Gasteiger partial charge in [0.25, 0.3) is 0 Å². The molecule has 0 aromatic heterocycles. The molecule has 0 saturated carbocycles. The summed E-state index contributed by atoms with van der Waals surface area (Å²) >= 11 is 0. The van der Waals surface area contributed by atoms with E-state index < -0.39 is 0 Å². The van der Waals surface area contributed by atoms with Gasteiger partial charge in [-0.25, -0.2) is 0 Å². The minimum Gasteiger partial charge on any atom is -0.494 e. The van der Waals surface area contributed by atoms with E-state index in [1.807, 2.05) is 19.1 Å². The number of hydrogen-bond acceptors (Lipinski definition) is 2. The maximum Gasteiger partial charge on any atom is 0.216 e. The molecule has 0 aliphatic rings. The summed E-state index contributed by atoms with van der Waals surface area (Å²) in [5, 5.41) is 2.81. The lowest BCUT2D eigenvalue weighted by molar-refractivity contribution is -0.118. The average molecular weight is 283 g/mol. The van der Waals surface area contributed by atoms with Gasteiger partial charge in [-0.1, -0.05) is 36.4 Å². The van der Waals surface area contributed by atoms with Crippen LogP contribution in [0.15, 0.2) is 48.5 Å². The number of nitrogens with one attached hydrogen (secondary N) is 1. The Morgan fingerprint density at radius 1 is 1.00 bits per heavy atom. The van der Waals surface area contributed by atoms with Crippen LogP contribution in [0.4, 0.5) is 0 Å². The highest BCUT2D eigenvalue weighted by Crippen LogP contribution is 2.22. The van der Waals surface area contributed by atoms with Crippen molar-refractivity contribution in [2.75, 3.05) is 13.2 Å². The zero-order valence-electron chi connectivity index (χ0n) is 12.6. The molecule has 0 aliphatic carbocycles. The highest BCUT2D eigenvalue weighted by Gasteiger charge is 2.00. The van der Waals surface area contributed by atoms with Crippen molar-refractivity contribution < 1.29 is 9.53 Å². The van der Waals surface area contributed by atoms with Crippen molar-refractivity contribution in [3.8, 4) is 16.9 Å². The van der Waals surface area contributed by atoms with Crippen LogP contribution >= 0.6 is 0 Å². The molecular formula is C18H21NO2. The van der Waals surface area contributed by atoms with Crippen LogP contribution in [0.5, 0.6) is 5.75 Å². The Kier molecular flexibility index (Phi) is 5.38. The van der Waals surface area contributed by atoms with Gasteiger partial charge in [0, 0.05) is 13.5 Å². The Morgan fingerprint density at radius 3 is 2.10 bits per heavy atom. The second-order valence-electron chi connectivity index (χ2n) is 4.89. The molecule has 0 spiro atoms. The van der Waals surface area contributed by atoms with Crippen LogP contribution < -0.4 is 10.1 Å². The Balaban J connectivity index is 1.99. The second-order valence-corrected chi connectivity index (χ2v) is 4.89. The molecule has 3 heteroatoms. The highest BCUT2D eigenvalue weighted by molar-refractivity contribution is 5.72. The fourth-order valence-corrected chi connectivity index (χ4v) is 2.16. The largest absolute Gasteiger partial charge is 0.494 e. The first-order valence-electron chi connectivity index (χ1n) is 7.25. The summed E-state index contributed by atoms with van der Waals surface area (Å²) in [5.41, 5.74) is 3.58. The van der Waals surface area contributed by atoms with E-state index in [-0.39, 0.29) is 5.91 Å². The number of amides is 1. The third-order valence-corrected chi connectivity index (χ3v) is 3.24. The van der Waals surface area contributed by atoms with Crippen molar-refractivity contribution in [1.82, 2.24) is 5.32 Å². The Bertz CT molecular complexity index is 573. The van der Waals surface area contributed by atoms with Gasteiger partial charge in [-0.05, 0) is 42.2 Å². The molecule has 0 unspecified atom stereocenters. The number of rotatable bonds is 6. The summed E-state index contributed by atoms with van der Waals surface area (Å²) in [6, 6.07) is 16.5. The van der Waals surface area contributed by atoms with Gasteiger partial charge in [-0.15, -0.1) is 0 Å². The van der Waals surface area contributed by atoms with E-state index in [2.05, 4.69) is 41.7 Å². The molecule has 3 nitrogen and oxygen atoms in total. The summed E-state index contributed by atoms with van der Waals surface area (Å²) in [4.78, 5) is 10.8. The molecule has 1 N–H and O–H groups in total. The van der Waals surface area contributed by atoms with Crippen LogP contribution in [-0.4, -0.2) is 19.1 Å². The molecule has 2 rings (SSSR count). The van der Waals surface area contributed by atoms with Crippen molar-refractivity contribution in [3.63, 3.8) is 0 Å². The normalized spacial score (nSPS) is 10.2. The minimum atomic E-state index is 0.0148. The topological polar surface area (TPSA) is 38.3 Å². The molecule has 0 atom stereocenters. The first kappa shape index (κ1) is 15.1. The molecule has 2 aromatic carbocycles. The number of carbonyl (C=O) groups is 1. The van der Waals surface area contributed by atoms with E-state index in [1.165, 1.54) is 23.6 Å². The summed E-state index contributed by atoms with van der Waals surface area (Å²) < 4.78 is 5.44. The maximum absolute atomic E-state index is 10.8. The molecule has 1 amide bonds.